The maximum Gasteiger partial charge on any atom is 0.304 e. The Morgan fingerprint density at radius 2 is 2.20 bits per heavy atom. The van der Waals surface area contributed by atoms with Crippen LogP contribution in [0.1, 0.15) is 51.9 Å². The molecule has 0 aromatic carbocycles. The number of aliphatic carboxylic acids is 1. The first-order valence-corrected chi connectivity index (χ1v) is 6.05. The molecule has 0 saturated heterocycles. The van der Waals surface area contributed by atoms with Crippen molar-refractivity contribution in [2.24, 2.45) is 17.6 Å². The lowest BCUT2D eigenvalue weighted by atomic mass is 9.80. The van der Waals surface area contributed by atoms with Crippen LogP contribution in [0.2, 0.25) is 0 Å². The molecular weight excluding hydrogens is 190 g/mol. The lowest BCUT2D eigenvalue weighted by Crippen LogP contribution is -2.26. The lowest BCUT2D eigenvalue weighted by molar-refractivity contribution is -0.137. The summed E-state index contributed by atoms with van der Waals surface area (Å²) in [7, 11) is 0. The van der Waals surface area contributed by atoms with Crippen LogP contribution in [0.4, 0.5) is 0 Å². The molecule has 0 bridgehead atoms. The SMILES string of the molecule is C[C@H](CCC1CCC1)C[C@H](N)CC(=O)O. The monoisotopic (exact) mass is 213 g/mol. The fraction of sp³-hybridized carbons (Fsp3) is 0.917. The minimum absolute atomic E-state index is 0.105. The van der Waals surface area contributed by atoms with Crippen molar-refractivity contribution in [3.63, 3.8) is 0 Å². The second-order valence-electron chi connectivity index (χ2n) is 5.07. The minimum atomic E-state index is -0.784. The van der Waals surface area contributed by atoms with E-state index in [1.165, 1.54) is 32.1 Å². The summed E-state index contributed by atoms with van der Waals surface area (Å²) in [5, 5.41) is 8.58. The van der Waals surface area contributed by atoms with Gasteiger partial charge in [0.1, 0.15) is 0 Å². The standard InChI is InChI=1S/C12H23NO2/c1-9(5-6-10-3-2-4-10)7-11(13)8-12(14)15/h9-11H,2-8,13H2,1H3,(H,14,15)/t9-,11+/m1/s1. The fourth-order valence-corrected chi connectivity index (χ4v) is 2.24. The molecule has 0 aromatic rings. The summed E-state index contributed by atoms with van der Waals surface area (Å²) < 4.78 is 0. The number of hydrogen-bond acceptors (Lipinski definition) is 2. The van der Waals surface area contributed by atoms with E-state index >= 15 is 0 Å². The van der Waals surface area contributed by atoms with Crippen LogP contribution in [0.25, 0.3) is 0 Å². The highest BCUT2D eigenvalue weighted by molar-refractivity contribution is 5.67. The third-order valence-electron chi connectivity index (χ3n) is 3.43. The fourth-order valence-electron chi connectivity index (χ4n) is 2.24. The van der Waals surface area contributed by atoms with Gasteiger partial charge in [-0.05, 0) is 18.3 Å². The van der Waals surface area contributed by atoms with E-state index in [2.05, 4.69) is 6.92 Å². The topological polar surface area (TPSA) is 63.3 Å². The highest BCUT2D eigenvalue weighted by Crippen LogP contribution is 2.32. The van der Waals surface area contributed by atoms with Gasteiger partial charge in [0, 0.05) is 6.04 Å². The molecule has 0 heterocycles. The molecule has 1 saturated carbocycles. The summed E-state index contributed by atoms with van der Waals surface area (Å²) in [5.74, 6) is 0.733. The molecule has 15 heavy (non-hydrogen) atoms. The minimum Gasteiger partial charge on any atom is -0.481 e. The molecule has 0 amide bonds. The highest BCUT2D eigenvalue weighted by Gasteiger charge is 2.19. The quantitative estimate of drug-likeness (QED) is 0.682. The first-order valence-electron chi connectivity index (χ1n) is 6.05. The molecule has 1 rings (SSSR count). The van der Waals surface area contributed by atoms with E-state index in [-0.39, 0.29) is 12.5 Å². The smallest absolute Gasteiger partial charge is 0.304 e. The zero-order valence-corrected chi connectivity index (χ0v) is 9.61. The second-order valence-corrected chi connectivity index (χ2v) is 5.07. The van der Waals surface area contributed by atoms with Gasteiger partial charge in [-0.15, -0.1) is 0 Å². The first kappa shape index (κ1) is 12.5. The van der Waals surface area contributed by atoms with Gasteiger partial charge in [-0.25, -0.2) is 0 Å². The van der Waals surface area contributed by atoms with Crippen molar-refractivity contribution in [3.8, 4) is 0 Å². The molecule has 3 nitrogen and oxygen atoms in total. The van der Waals surface area contributed by atoms with E-state index in [0.29, 0.717) is 5.92 Å². The van der Waals surface area contributed by atoms with Gasteiger partial charge in [0.05, 0.1) is 6.42 Å². The van der Waals surface area contributed by atoms with Gasteiger partial charge in [-0.2, -0.15) is 0 Å². The Morgan fingerprint density at radius 1 is 1.53 bits per heavy atom. The van der Waals surface area contributed by atoms with Crippen LogP contribution in [-0.4, -0.2) is 17.1 Å². The number of rotatable bonds is 7. The van der Waals surface area contributed by atoms with Crippen LogP contribution in [0, 0.1) is 11.8 Å². The van der Waals surface area contributed by atoms with E-state index in [4.69, 9.17) is 10.8 Å². The number of nitrogens with two attached hydrogens (primary N) is 1. The Hall–Kier alpha value is -0.570. The third-order valence-corrected chi connectivity index (χ3v) is 3.43. The molecule has 0 unspecified atom stereocenters. The van der Waals surface area contributed by atoms with E-state index in [9.17, 15) is 4.79 Å². The summed E-state index contributed by atoms with van der Waals surface area (Å²) in [6.45, 7) is 2.18. The van der Waals surface area contributed by atoms with Gasteiger partial charge in [0.2, 0.25) is 0 Å². The van der Waals surface area contributed by atoms with Crippen LogP contribution in [-0.2, 0) is 4.79 Å². The van der Waals surface area contributed by atoms with Crippen molar-refractivity contribution in [2.45, 2.75) is 57.9 Å². The molecule has 3 heteroatoms. The molecule has 0 aromatic heterocycles. The van der Waals surface area contributed by atoms with Gasteiger partial charge >= 0.3 is 5.97 Å². The van der Waals surface area contributed by atoms with Crippen molar-refractivity contribution < 1.29 is 9.90 Å². The Bertz CT molecular complexity index is 202. The van der Waals surface area contributed by atoms with Crippen molar-refractivity contribution in [3.05, 3.63) is 0 Å². The maximum atomic E-state index is 10.4. The van der Waals surface area contributed by atoms with Gasteiger partial charge in [-0.1, -0.05) is 39.0 Å². The maximum absolute atomic E-state index is 10.4. The van der Waals surface area contributed by atoms with Crippen molar-refractivity contribution in [1.82, 2.24) is 0 Å². The molecule has 3 N–H and O–H groups in total. The second kappa shape index (κ2) is 6.11. The van der Waals surface area contributed by atoms with Crippen molar-refractivity contribution in [2.75, 3.05) is 0 Å². The third kappa shape index (κ3) is 5.17. The highest BCUT2D eigenvalue weighted by atomic mass is 16.4. The van der Waals surface area contributed by atoms with Crippen LogP contribution in [0.15, 0.2) is 0 Å². The summed E-state index contributed by atoms with van der Waals surface area (Å²) in [5.41, 5.74) is 5.75. The molecule has 0 spiro atoms. The predicted octanol–water partition coefficient (Wildman–Crippen LogP) is 2.39. The van der Waals surface area contributed by atoms with Crippen molar-refractivity contribution >= 4 is 5.97 Å². The van der Waals surface area contributed by atoms with Gasteiger partial charge in [-0.3, -0.25) is 4.79 Å². The average Bonchev–Trinajstić information content (AvgIpc) is 1.98. The molecule has 1 aliphatic carbocycles. The van der Waals surface area contributed by atoms with E-state index < -0.39 is 5.97 Å². The lowest BCUT2D eigenvalue weighted by Gasteiger charge is -2.27. The molecule has 1 fully saturated rings. The van der Waals surface area contributed by atoms with Crippen LogP contribution in [0.3, 0.4) is 0 Å². The molecule has 1 aliphatic rings. The molecule has 0 aliphatic heterocycles. The van der Waals surface area contributed by atoms with Crippen molar-refractivity contribution in [1.29, 1.82) is 0 Å². The number of carbonyl (C=O) groups is 1. The van der Waals surface area contributed by atoms with Gasteiger partial charge < -0.3 is 10.8 Å². The number of hydrogen-bond donors (Lipinski definition) is 2. The van der Waals surface area contributed by atoms with E-state index in [1.807, 2.05) is 0 Å². The molecular formula is C12H23NO2. The van der Waals surface area contributed by atoms with Crippen LogP contribution < -0.4 is 5.73 Å². The molecule has 88 valence electrons. The van der Waals surface area contributed by atoms with Gasteiger partial charge in [0.25, 0.3) is 0 Å². The molecule has 0 radical (unpaired) electrons. The van der Waals surface area contributed by atoms with Crippen LogP contribution in [0.5, 0.6) is 0 Å². The Labute approximate surface area is 92.0 Å². The number of carboxylic acids is 1. The summed E-state index contributed by atoms with van der Waals surface area (Å²) >= 11 is 0. The Kier molecular flexibility index (Phi) is 5.09. The average molecular weight is 213 g/mol. The summed E-state index contributed by atoms with van der Waals surface area (Å²) in [6, 6.07) is -0.168. The molecule has 2 atom stereocenters. The largest absolute Gasteiger partial charge is 0.481 e. The van der Waals surface area contributed by atoms with Gasteiger partial charge in [0.15, 0.2) is 0 Å². The Morgan fingerprint density at radius 3 is 2.67 bits per heavy atom. The van der Waals surface area contributed by atoms with Crippen LogP contribution >= 0.6 is 0 Å². The van der Waals surface area contributed by atoms with E-state index in [0.717, 1.165) is 12.3 Å². The number of carboxylic acid groups (broad SMARTS) is 1. The zero-order chi connectivity index (χ0) is 11.3. The first-order chi connectivity index (χ1) is 7.08. The Balaban J connectivity index is 2.05. The van der Waals surface area contributed by atoms with E-state index in [1.54, 1.807) is 0 Å². The summed E-state index contributed by atoms with van der Waals surface area (Å²) in [4.78, 5) is 10.4. The summed E-state index contributed by atoms with van der Waals surface area (Å²) in [6.07, 6.45) is 7.66. The zero-order valence-electron chi connectivity index (χ0n) is 9.61. The normalized spacial score (nSPS) is 20.7. The predicted molar refractivity (Wildman–Crippen MR) is 60.6 cm³/mol.